The Morgan fingerprint density at radius 3 is 2.63 bits per heavy atom. The molecule has 0 saturated carbocycles. The molecule has 0 saturated heterocycles. The maximum Gasteiger partial charge on any atom is 0.434 e. The number of aromatic nitrogens is 6. The van der Waals surface area contributed by atoms with E-state index in [-0.39, 0.29) is 16.9 Å². The van der Waals surface area contributed by atoms with Crippen LogP contribution in [0.15, 0.2) is 54.4 Å². The Morgan fingerprint density at radius 2 is 1.91 bits per heavy atom. The minimum atomic E-state index is -4.89. The lowest BCUT2D eigenvalue weighted by molar-refractivity contribution is -0.143. The van der Waals surface area contributed by atoms with Crippen LogP contribution in [0.4, 0.5) is 18.9 Å². The molecule has 3 aromatic heterocycles. The fourth-order valence-corrected chi connectivity index (χ4v) is 4.32. The molecular formula is C22H13F3N8OS. The third-order valence-electron chi connectivity index (χ3n) is 5.20. The Hall–Kier alpha value is -4.57. The zero-order valence-electron chi connectivity index (χ0n) is 17.8. The Bertz CT molecular complexity index is 1610. The average molecular weight is 494 g/mol. The number of amides is 1. The maximum atomic E-state index is 14.1. The van der Waals surface area contributed by atoms with Gasteiger partial charge in [-0.15, -0.1) is 11.3 Å². The first-order valence-electron chi connectivity index (χ1n) is 9.98. The number of carbonyl (C=O) groups excluding carboxylic acids is 1. The number of thiazole rings is 1. The number of nitrogens with zero attached hydrogens (tertiary/aromatic N) is 7. The number of nitriles is 1. The van der Waals surface area contributed by atoms with Crippen molar-refractivity contribution in [3.63, 3.8) is 0 Å². The highest BCUT2D eigenvalue weighted by Crippen LogP contribution is 2.36. The number of halogens is 3. The molecule has 174 valence electrons. The lowest BCUT2D eigenvalue weighted by atomic mass is 10.1. The van der Waals surface area contributed by atoms with Crippen molar-refractivity contribution in [3.8, 4) is 17.4 Å². The smallest absolute Gasteiger partial charge is 0.322 e. The molecule has 2 aromatic carbocycles. The number of carbonyl (C=O) groups is 1. The first-order chi connectivity index (χ1) is 16.8. The van der Waals surface area contributed by atoms with Crippen molar-refractivity contribution in [1.82, 2.24) is 29.8 Å². The standard InChI is InChI=1S/C22H13F3N8OS/c1-12-7-17(33-28-5-6-29-33)13(9-26)8-15(12)31-21(34)14-10-30-32(20(14)22(23,24)25)16-3-2-4-18-19(16)27-11-35-18/h2-8,10-11H,1H3,(H,31,34). The van der Waals surface area contributed by atoms with E-state index < -0.39 is 23.3 Å². The lowest BCUT2D eigenvalue weighted by Gasteiger charge is -2.14. The van der Waals surface area contributed by atoms with Crippen LogP contribution >= 0.6 is 11.3 Å². The molecule has 0 spiro atoms. The van der Waals surface area contributed by atoms with Gasteiger partial charge in [-0.1, -0.05) is 6.07 Å². The van der Waals surface area contributed by atoms with E-state index in [4.69, 9.17) is 0 Å². The quantitative estimate of drug-likeness (QED) is 0.393. The molecule has 9 nitrogen and oxygen atoms in total. The van der Waals surface area contributed by atoms with Crippen molar-refractivity contribution in [2.24, 2.45) is 0 Å². The van der Waals surface area contributed by atoms with Gasteiger partial charge in [0.05, 0.1) is 45.6 Å². The summed E-state index contributed by atoms with van der Waals surface area (Å²) in [6.07, 6.45) is -1.14. The summed E-state index contributed by atoms with van der Waals surface area (Å²) >= 11 is 1.28. The molecule has 35 heavy (non-hydrogen) atoms. The van der Waals surface area contributed by atoms with E-state index in [0.29, 0.717) is 26.1 Å². The van der Waals surface area contributed by atoms with Crippen molar-refractivity contribution >= 4 is 33.1 Å². The Morgan fingerprint density at radius 1 is 1.14 bits per heavy atom. The SMILES string of the molecule is Cc1cc(-n2nccn2)c(C#N)cc1NC(=O)c1cnn(-c2cccc3scnc23)c1C(F)(F)F. The Kier molecular flexibility index (Phi) is 5.29. The van der Waals surface area contributed by atoms with Gasteiger partial charge in [-0.2, -0.15) is 38.5 Å². The van der Waals surface area contributed by atoms with Gasteiger partial charge in [0.15, 0.2) is 5.69 Å². The van der Waals surface area contributed by atoms with Crippen LogP contribution in [0.5, 0.6) is 0 Å². The molecule has 0 aliphatic carbocycles. The van der Waals surface area contributed by atoms with Crippen LogP contribution in [0.1, 0.15) is 27.2 Å². The largest absolute Gasteiger partial charge is 0.434 e. The molecule has 0 atom stereocenters. The Balaban J connectivity index is 1.56. The molecule has 0 aliphatic heterocycles. The second-order valence-electron chi connectivity index (χ2n) is 7.36. The summed E-state index contributed by atoms with van der Waals surface area (Å²) in [4.78, 5) is 18.4. The van der Waals surface area contributed by atoms with Crippen molar-refractivity contribution < 1.29 is 18.0 Å². The predicted molar refractivity (Wildman–Crippen MR) is 121 cm³/mol. The molecule has 3 heterocycles. The fourth-order valence-electron chi connectivity index (χ4n) is 3.62. The molecular weight excluding hydrogens is 481 g/mol. The second kappa shape index (κ2) is 8.33. The summed E-state index contributed by atoms with van der Waals surface area (Å²) in [5, 5.41) is 23.9. The van der Waals surface area contributed by atoms with Crippen molar-refractivity contribution in [2.45, 2.75) is 13.1 Å². The van der Waals surface area contributed by atoms with E-state index in [1.807, 2.05) is 6.07 Å². The number of hydrogen-bond acceptors (Lipinski definition) is 7. The molecule has 1 amide bonds. The number of rotatable bonds is 4. The van der Waals surface area contributed by atoms with Gasteiger partial charge in [-0.25, -0.2) is 9.67 Å². The van der Waals surface area contributed by atoms with Crippen molar-refractivity contribution in [2.75, 3.05) is 5.32 Å². The lowest BCUT2D eigenvalue weighted by Crippen LogP contribution is -2.21. The van der Waals surface area contributed by atoms with Crippen LogP contribution in [0.3, 0.4) is 0 Å². The first kappa shape index (κ1) is 22.2. The average Bonchev–Trinajstić information content (AvgIpc) is 3.59. The van der Waals surface area contributed by atoms with Gasteiger partial charge in [0.1, 0.15) is 17.3 Å². The molecule has 0 radical (unpaired) electrons. The van der Waals surface area contributed by atoms with Crippen LogP contribution in [-0.2, 0) is 6.18 Å². The molecule has 0 fully saturated rings. The monoisotopic (exact) mass is 494 g/mol. The second-order valence-corrected chi connectivity index (χ2v) is 8.25. The minimum absolute atomic E-state index is 0.106. The molecule has 1 N–H and O–H groups in total. The van der Waals surface area contributed by atoms with E-state index in [0.717, 1.165) is 6.20 Å². The summed E-state index contributed by atoms with van der Waals surface area (Å²) in [5.74, 6) is -1.02. The molecule has 0 unspecified atom stereocenters. The summed E-state index contributed by atoms with van der Waals surface area (Å²) < 4.78 is 43.8. The van der Waals surface area contributed by atoms with Crippen LogP contribution in [-0.4, -0.2) is 35.7 Å². The summed E-state index contributed by atoms with van der Waals surface area (Å²) in [5.41, 5.74) is 1.24. The molecule has 5 rings (SSSR count). The highest BCUT2D eigenvalue weighted by atomic mass is 32.1. The number of alkyl halides is 3. The zero-order valence-corrected chi connectivity index (χ0v) is 18.6. The number of hydrogen-bond donors (Lipinski definition) is 1. The third-order valence-corrected chi connectivity index (χ3v) is 5.99. The van der Waals surface area contributed by atoms with Crippen molar-refractivity contribution in [1.29, 1.82) is 5.26 Å². The topological polar surface area (TPSA) is 114 Å². The van der Waals surface area contributed by atoms with Gasteiger partial charge >= 0.3 is 6.18 Å². The minimum Gasteiger partial charge on any atom is -0.322 e. The number of aryl methyl sites for hydroxylation is 1. The van der Waals surface area contributed by atoms with Crippen LogP contribution in [0.2, 0.25) is 0 Å². The number of nitrogens with one attached hydrogen (secondary N) is 1. The van der Waals surface area contributed by atoms with E-state index in [2.05, 4.69) is 25.6 Å². The van der Waals surface area contributed by atoms with Crippen LogP contribution in [0, 0.1) is 18.3 Å². The fraction of sp³-hybridized carbons (Fsp3) is 0.0909. The number of fused-ring (bicyclic) bond motifs is 1. The van der Waals surface area contributed by atoms with E-state index in [9.17, 15) is 23.2 Å². The highest BCUT2D eigenvalue weighted by molar-refractivity contribution is 7.16. The van der Waals surface area contributed by atoms with Gasteiger partial charge in [-0.3, -0.25) is 4.79 Å². The van der Waals surface area contributed by atoms with E-state index in [1.54, 1.807) is 25.1 Å². The third kappa shape index (κ3) is 3.89. The molecule has 5 aromatic rings. The van der Waals surface area contributed by atoms with E-state index in [1.165, 1.54) is 46.2 Å². The summed E-state index contributed by atoms with van der Waals surface area (Å²) in [7, 11) is 0. The van der Waals surface area contributed by atoms with Crippen LogP contribution in [0.25, 0.3) is 21.6 Å². The number of para-hydroxylation sites is 1. The van der Waals surface area contributed by atoms with Gasteiger partial charge < -0.3 is 5.32 Å². The van der Waals surface area contributed by atoms with Gasteiger partial charge in [0, 0.05) is 5.69 Å². The zero-order chi connectivity index (χ0) is 24.7. The number of benzene rings is 2. The molecule has 13 heteroatoms. The van der Waals surface area contributed by atoms with Gasteiger partial charge in [0.2, 0.25) is 0 Å². The highest BCUT2D eigenvalue weighted by Gasteiger charge is 2.41. The van der Waals surface area contributed by atoms with E-state index >= 15 is 0 Å². The van der Waals surface area contributed by atoms with Gasteiger partial charge in [-0.05, 0) is 36.8 Å². The predicted octanol–water partition coefficient (Wildman–Crippen LogP) is 4.51. The molecule has 0 aliphatic rings. The van der Waals surface area contributed by atoms with Crippen molar-refractivity contribution in [3.05, 3.63) is 76.8 Å². The summed E-state index contributed by atoms with van der Waals surface area (Å²) in [6.45, 7) is 1.64. The maximum absolute atomic E-state index is 14.1. The van der Waals surface area contributed by atoms with Crippen LogP contribution < -0.4 is 5.32 Å². The Labute approximate surface area is 199 Å². The molecule has 0 bridgehead atoms. The summed E-state index contributed by atoms with van der Waals surface area (Å²) in [6, 6.07) is 9.70. The van der Waals surface area contributed by atoms with Gasteiger partial charge in [0.25, 0.3) is 5.91 Å². The number of anilines is 1. The first-order valence-corrected chi connectivity index (χ1v) is 10.9. The normalized spacial score (nSPS) is 11.5.